The second-order valence-electron chi connectivity index (χ2n) is 16.7. The van der Waals surface area contributed by atoms with Crippen molar-refractivity contribution in [1.29, 1.82) is 0 Å². The van der Waals surface area contributed by atoms with Crippen LogP contribution >= 0.6 is 0 Å². The Morgan fingerprint density at radius 2 is 0.730 bits per heavy atom. The molecule has 1 unspecified atom stereocenters. The van der Waals surface area contributed by atoms with Crippen molar-refractivity contribution in [2.45, 2.75) is 18.3 Å². The molecule has 1 spiro atoms. The normalized spacial score (nSPS) is 15.4. The first-order valence-corrected chi connectivity index (χ1v) is 22.1. The molecule has 0 saturated carbocycles. The molecule has 1 atom stereocenters. The van der Waals surface area contributed by atoms with E-state index in [1.807, 2.05) is 0 Å². The van der Waals surface area contributed by atoms with Crippen molar-refractivity contribution < 1.29 is 0 Å². The molecule has 298 valence electrons. The highest BCUT2D eigenvalue weighted by atomic mass is 15.1. The lowest BCUT2D eigenvalue weighted by atomic mass is 9.68. The van der Waals surface area contributed by atoms with E-state index in [1.54, 1.807) is 0 Å². The van der Waals surface area contributed by atoms with Gasteiger partial charge in [0.2, 0.25) is 0 Å². The van der Waals surface area contributed by atoms with E-state index >= 15 is 0 Å². The van der Waals surface area contributed by atoms with Gasteiger partial charge in [-0.3, -0.25) is 0 Å². The minimum atomic E-state index is -0.449. The van der Waals surface area contributed by atoms with Gasteiger partial charge in [0.1, 0.15) is 0 Å². The summed E-state index contributed by atoms with van der Waals surface area (Å²) in [5.41, 5.74) is 22.3. The molecule has 0 aromatic heterocycles. The van der Waals surface area contributed by atoms with Gasteiger partial charge in [0.25, 0.3) is 0 Å². The third-order valence-electron chi connectivity index (χ3n) is 13.3. The lowest BCUT2D eigenvalue weighted by molar-refractivity contribution is 0.781. The standard InChI is InChI=1S/C61H44N2/c1-5-23-45(24-6-1)62(46-25-7-2-8-26-46)49-31-17-21-43(41-49)51-35-19-39-57-59(51)53-33-13-15-37-55(53)61(57)56-38-16-14-34-54(56)60-52(36-20-40-58(60)61)44-22-18-32-50(42-44)63(47-27-9-3-10-28-47)48-29-11-4-12-30-48/h1-13,15-33,35-42H,14,34H2. The number of anilines is 6. The summed E-state index contributed by atoms with van der Waals surface area (Å²) in [5.74, 6) is 0. The monoisotopic (exact) mass is 804 g/mol. The molecule has 9 aromatic rings. The maximum absolute atomic E-state index is 2.46. The Bertz CT molecular complexity index is 3140. The van der Waals surface area contributed by atoms with Crippen LogP contribution in [0.4, 0.5) is 34.1 Å². The van der Waals surface area contributed by atoms with Crippen LogP contribution in [0, 0.1) is 0 Å². The number of allylic oxidation sites excluding steroid dienone is 4. The first-order chi connectivity index (χ1) is 31.3. The summed E-state index contributed by atoms with van der Waals surface area (Å²) in [7, 11) is 0. The Balaban J connectivity index is 1.04. The van der Waals surface area contributed by atoms with Crippen LogP contribution in [-0.4, -0.2) is 0 Å². The van der Waals surface area contributed by atoms with E-state index in [0.717, 1.165) is 47.0 Å². The van der Waals surface area contributed by atoms with Gasteiger partial charge in [-0.1, -0.05) is 170 Å². The number of fused-ring (bicyclic) bond motifs is 9. The predicted molar refractivity (Wildman–Crippen MR) is 264 cm³/mol. The van der Waals surface area contributed by atoms with Gasteiger partial charge >= 0.3 is 0 Å². The lowest BCUT2D eigenvalue weighted by Crippen LogP contribution is -2.27. The SMILES string of the molecule is C1=CC2=C(CC1)c1c(-c3cccc(N(c4ccccc4)c4ccccc4)c3)cccc1C21c2ccccc2-c2c(-c3cccc(N(c4ccccc4)c4ccccc4)c3)cccc21. The van der Waals surface area contributed by atoms with E-state index in [0.29, 0.717) is 0 Å². The van der Waals surface area contributed by atoms with E-state index in [-0.39, 0.29) is 0 Å². The minimum absolute atomic E-state index is 0.449. The predicted octanol–water partition coefficient (Wildman–Crippen LogP) is 16.4. The fourth-order valence-electron chi connectivity index (χ4n) is 10.8. The van der Waals surface area contributed by atoms with Crippen molar-refractivity contribution in [1.82, 2.24) is 0 Å². The summed E-state index contributed by atoms with van der Waals surface area (Å²) < 4.78 is 0. The van der Waals surface area contributed by atoms with Crippen LogP contribution in [0.3, 0.4) is 0 Å². The highest BCUT2D eigenvalue weighted by Crippen LogP contribution is 2.65. The third kappa shape index (κ3) is 5.86. The van der Waals surface area contributed by atoms with Crippen LogP contribution in [0.1, 0.15) is 35.1 Å². The zero-order chi connectivity index (χ0) is 41.7. The fraction of sp³-hybridized carbons (Fsp3) is 0.0492. The van der Waals surface area contributed by atoms with Crippen molar-refractivity contribution in [3.63, 3.8) is 0 Å². The summed E-state index contributed by atoms with van der Waals surface area (Å²) in [4.78, 5) is 4.72. The number of para-hydroxylation sites is 4. The Morgan fingerprint density at radius 1 is 0.333 bits per heavy atom. The number of rotatable bonds is 8. The summed E-state index contributed by atoms with van der Waals surface area (Å²) in [6.07, 6.45) is 6.90. The Labute approximate surface area is 370 Å². The van der Waals surface area contributed by atoms with Gasteiger partial charge in [-0.05, 0) is 152 Å². The number of hydrogen-bond donors (Lipinski definition) is 0. The molecule has 3 aliphatic rings. The molecule has 0 fully saturated rings. The molecule has 9 aromatic carbocycles. The van der Waals surface area contributed by atoms with Gasteiger partial charge in [-0.2, -0.15) is 0 Å². The summed E-state index contributed by atoms with van der Waals surface area (Å²) in [5, 5.41) is 0. The van der Waals surface area contributed by atoms with E-state index in [9.17, 15) is 0 Å². The summed E-state index contributed by atoms with van der Waals surface area (Å²) in [6.45, 7) is 0. The molecule has 0 saturated heterocycles. The molecule has 12 rings (SSSR count). The number of benzene rings is 9. The Hall–Kier alpha value is -7.94. The van der Waals surface area contributed by atoms with Crippen molar-refractivity contribution in [2.75, 3.05) is 9.80 Å². The smallest absolute Gasteiger partial charge is 0.0722 e. The van der Waals surface area contributed by atoms with Crippen LogP contribution < -0.4 is 9.80 Å². The molecule has 0 amide bonds. The van der Waals surface area contributed by atoms with E-state index in [4.69, 9.17) is 0 Å². The van der Waals surface area contributed by atoms with Crippen LogP contribution in [0.25, 0.3) is 39.0 Å². The van der Waals surface area contributed by atoms with Gasteiger partial charge in [0, 0.05) is 34.1 Å². The topological polar surface area (TPSA) is 6.48 Å². The molecule has 2 heteroatoms. The number of nitrogens with zero attached hydrogens (tertiary/aromatic N) is 2. The second-order valence-corrected chi connectivity index (χ2v) is 16.7. The largest absolute Gasteiger partial charge is 0.310 e. The maximum Gasteiger partial charge on any atom is 0.0722 e. The van der Waals surface area contributed by atoms with Crippen molar-refractivity contribution in [3.8, 4) is 33.4 Å². The molecule has 0 heterocycles. The van der Waals surface area contributed by atoms with Crippen molar-refractivity contribution >= 4 is 39.7 Å². The van der Waals surface area contributed by atoms with Crippen LogP contribution in [0.15, 0.2) is 248 Å². The summed E-state index contributed by atoms with van der Waals surface area (Å²) >= 11 is 0. The Morgan fingerprint density at radius 3 is 1.25 bits per heavy atom. The van der Waals surface area contributed by atoms with Crippen molar-refractivity contribution in [3.05, 3.63) is 271 Å². The summed E-state index contributed by atoms with van der Waals surface area (Å²) in [6, 6.07) is 84.4. The lowest BCUT2D eigenvalue weighted by Gasteiger charge is -2.32. The van der Waals surface area contributed by atoms with Gasteiger partial charge in [-0.15, -0.1) is 0 Å². The molecular formula is C61H44N2. The van der Waals surface area contributed by atoms with Crippen LogP contribution in [-0.2, 0) is 5.41 Å². The molecule has 0 bridgehead atoms. The highest BCUT2D eigenvalue weighted by molar-refractivity contribution is 6.03. The minimum Gasteiger partial charge on any atom is -0.310 e. The fourth-order valence-corrected chi connectivity index (χ4v) is 10.8. The van der Waals surface area contributed by atoms with Gasteiger partial charge < -0.3 is 9.80 Å². The van der Waals surface area contributed by atoms with Gasteiger partial charge in [0.15, 0.2) is 0 Å². The second kappa shape index (κ2) is 15.2. The zero-order valence-electron chi connectivity index (χ0n) is 34.9. The van der Waals surface area contributed by atoms with Gasteiger partial charge in [-0.25, -0.2) is 0 Å². The maximum atomic E-state index is 2.46. The average molecular weight is 805 g/mol. The number of hydrogen-bond acceptors (Lipinski definition) is 2. The zero-order valence-corrected chi connectivity index (χ0v) is 34.9. The molecule has 0 N–H and O–H groups in total. The van der Waals surface area contributed by atoms with Gasteiger partial charge in [0.05, 0.1) is 5.41 Å². The third-order valence-corrected chi connectivity index (χ3v) is 13.3. The van der Waals surface area contributed by atoms with Crippen LogP contribution in [0.5, 0.6) is 0 Å². The van der Waals surface area contributed by atoms with E-state index < -0.39 is 5.41 Å². The molecule has 2 nitrogen and oxygen atoms in total. The average Bonchev–Trinajstić information content (AvgIpc) is 3.84. The van der Waals surface area contributed by atoms with Crippen LogP contribution in [0.2, 0.25) is 0 Å². The molecular weight excluding hydrogens is 761 g/mol. The molecule has 63 heavy (non-hydrogen) atoms. The first-order valence-electron chi connectivity index (χ1n) is 22.1. The highest BCUT2D eigenvalue weighted by Gasteiger charge is 2.53. The molecule has 0 radical (unpaired) electrons. The molecule has 3 aliphatic carbocycles. The van der Waals surface area contributed by atoms with E-state index in [1.165, 1.54) is 66.8 Å². The molecule has 0 aliphatic heterocycles. The quantitative estimate of drug-likeness (QED) is 0.151. The van der Waals surface area contributed by atoms with Crippen molar-refractivity contribution in [2.24, 2.45) is 0 Å². The van der Waals surface area contributed by atoms with E-state index in [2.05, 4.69) is 252 Å². The first kappa shape index (κ1) is 36.9. The Kier molecular flexibility index (Phi) is 8.90.